The van der Waals surface area contributed by atoms with Crippen LogP contribution in [-0.4, -0.2) is 13.1 Å². The monoisotopic (exact) mass is 196 g/mol. The van der Waals surface area contributed by atoms with Crippen molar-refractivity contribution in [1.82, 2.24) is 0 Å². The number of hydrogen-bond acceptors (Lipinski definition) is 2. The highest BCUT2D eigenvalue weighted by molar-refractivity contribution is 5.72. The summed E-state index contributed by atoms with van der Waals surface area (Å²) in [6, 6.07) is 0. The summed E-state index contributed by atoms with van der Waals surface area (Å²) in [5, 5.41) is 0. The fourth-order valence-corrected chi connectivity index (χ4v) is 1.14. The molecule has 0 spiro atoms. The van der Waals surface area contributed by atoms with E-state index < -0.39 is 0 Å². The Morgan fingerprint density at radius 1 is 1.36 bits per heavy atom. The normalized spacial score (nSPS) is 11.0. The number of allylic oxidation sites excluding steroid dienone is 3. The molecule has 0 saturated carbocycles. The molecule has 0 unspecified atom stereocenters. The van der Waals surface area contributed by atoms with Crippen LogP contribution in [0.1, 0.15) is 40.0 Å². The van der Waals surface area contributed by atoms with Crippen LogP contribution in [0.5, 0.6) is 0 Å². The van der Waals surface area contributed by atoms with Crippen molar-refractivity contribution in [2.75, 3.05) is 7.11 Å². The van der Waals surface area contributed by atoms with Crippen LogP contribution in [0.15, 0.2) is 23.3 Å². The van der Waals surface area contributed by atoms with Crippen molar-refractivity contribution in [1.29, 1.82) is 0 Å². The molecule has 2 heteroatoms. The summed E-state index contributed by atoms with van der Waals surface area (Å²) in [5.41, 5.74) is 2.47. The van der Waals surface area contributed by atoms with Gasteiger partial charge < -0.3 is 4.74 Å². The zero-order valence-electron chi connectivity index (χ0n) is 9.59. The van der Waals surface area contributed by atoms with E-state index in [4.69, 9.17) is 0 Å². The van der Waals surface area contributed by atoms with Crippen molar-refractivity contribution >= 4 is 5.97 Å². The molecule has 0 amide bonds. The summed E-state index contributed by atoms with van der Waals surface area (Å²) in [6.45, 7) is 6.12. The molecule has 0 aromatic heterocycles. The lowest BCUT2D eigenvalue weighted by atomic mass is 10.1. The number of methoxy groups -OCH3 is 1. The molecular weight excluding hydrogens is 176 g/mol. The summed E-state index contributed by atoms with van der Waals surface area (Å²) in [7, 11) is 1.42. The van der Waals surface area contributed by atoms with Gasteiger partial charge in [0.15, 0.2) is 0 Å². The number of rotatable bonds is 5. The highest BCUT2D eigenvalue weighted by Gasteiger charge is 2.03. The highest BCUT2D eigenvalue weighted by atomic mass is 16.5. The third-order valence-electron chi connectivity index (χ3n) is 2.03. The molecule has 0 saturated heterocycles. The van der Waals surface area contributed by atoms with Gasteiger partial charge in [-0.1, -0.05) is 23.3 Å². The van der Waals surface area contributed by atoms with Gasteiger partial charge >= 0.3 is 5.97 Å². The van der Waals surface area contributed by atoms with Crippen LogP contribution in [0.3, 0.4) is 0 Å². The molecule has 0 bridgehead atoms. The Balaban J connectivity index is 3.94. The molecule has 0 heterocycles. The standard InChI is InChI=1S/C12H20O2/c1-5-11(9-12(13)14-4)8-6-7-10(2)3/h5,7H,6,8-9H2,1-4H3/b11-5-. The van der Waals surface area contributed by atoms with Gasteiger partial charge in [-0.15, -0.1) is 0 Å². The number of carbonyl (C=O) groups is 1. The SMILES string of the molecule is C/C=C(/CCC=C(C)C)CC(=O)OC. The van der Waals surface area contributed by atoms with Gasteiger partial charge in [-0.05, 0) is 33.6 Å². The third-order valence-corrected chi connectivity index (χ3v) is 2.03. The van der Waals surface area contributed by atoms with E-state index in [0.29, 0.717) is 6.42 Å². The summed E-state index contributed by atoms with van der Waals surface area (Å²) < 4.78 is 4.61. The summed E-state index contributed by atoms with van der Waals surface area (Å²) >= 11 is 0. The van der Waals surface area contributed by atoms with Crippen LogP contribution < -0.4 is 0 Å². The van der Waals surface area contributed by atoms with Gasteiger partial charge in [0.1, 0.15) is 0 Å². The van der Waals surface area contributed by atoms with Crippen LogP contribution in [0.2, 0.25) is 0 Å². The zero-order chi connectivity index (χ0) is 11.0. The first-order valence-electron chi connectivity index (χ1n) is 4.94. The third kappa shape index (κ3) is 6.46. The number of carbonyl (C=O) groups excluding carboxylic acids is 1. The second-order valence-electron chi connectivity index (χ2n) is 3.52. The largest absolute Gasteiger partial charge is 0.469 e. The predicted octanol–water partition coefficient (Wildman–Crippen LogP) is 3.24. The molecule has 14 heavy (non-hydrogen) atoms. The van der Waals surface area contributed by atoms with Gasteiger partial charge in [-0.3, -0.25) is 4.79 Å². The molecule has 0 aromatic carbocycles. The minimum absolute atomic E-state index is 0.157. The van der Waals surface area contributed by atoms with E-state index in [1.54, 1.807) is 0 Å². The molecule has 0 rings (SSSR count). The molecule has 0 aliphatic carbocycles. The minimum Gasteiger partial charge on any atom is -0.469 e. The Labute approximate surface area is 86.6 Å². The fraction of sp³-hybridized carbons (Fsp3) is 0.583. The van der Waals surface area contributed by atoms with Gasteiger partial charge in [0.2, 0.25) is 0 Å². The number of ether oxygens (including phenoxy) is 1. The van der Waals surface area contributed by atoms with E-state index in [2.05, 4.69) is 24.7 Å². The van der Waals surface area contributed by atoms with Gasteiger partial charge in [0.25, 0.3) is 0 Å². The van der Waals surface area contributed by atoms with E-state index in [-0.39, 0.29) is 5.97 Å². The van der Waals surface area contributed by atoms with Crippen LogP contribution in [0, 0.1) is 0 Å². The Morgan fingerprint density at radius 2 is 2.00 bits per heavy atom. The highest BCUT2D eigenvalue weighted by Crippen LogP contribution is 2.11. The van der Waals surface area contributed by atoms with E-state index >= 15 is 0 Å². The molecule has 0 aliphatic rings. The van der Waals surface area contributed by atoms with Crippen LogP contribution in [0.4, 0.5) is 0 Å². The van der Waals surface area contributed by atoms with Crippen molar-refractivity contribution in [2.24, 2.45) is 0 Å². The summed E-state index contributed by atoms with van der Waals surface area (Å²) in [4.78, 5) is 11.0. The van der Waals surface area contributed by atoms with Crippen molar-refractivity contribution in [3.05, 3.63) is 23.3 Å². The Bertz CT molecular complexity index is 233. The van der Waals surface area contributed by atoms with Crippen molar-refractivity contribution in [2.45, 2.75) is 40.0 Å². The number of esters is 1. The predicted molar refractivity (Wildman–Crippen MR) is 59.1 cm³/mol. The lowest BCUT2D eigenvalue weighted by Crippen LogP contribution is -2.01. The molecule has 0 atom stereocenters. The van der Waals surface area contributed by atoms with Crippen LogP contribution >= 0.6 is 0 Å². The molecule has 80 valence electrons. The molecule has 0 aromatic rings. The second kappa shape index (κ2) is 7.36. The van der Waals surface area contributed by atoms with Crippen molar-refractivity contribution in [3.8, 4) is 0 Å². The van der Waals surface area contributed by atoms with Gasteiger partial charge in [0, 0.05) is 0 Å². The van der Waals surface area contributed by atoms with Gasteiger partial charge in [-0.2, -0.15) is 0 Å². The molecule has 0 aliphatic heterocycles. The van der Waals surface area contributed by atoms with Crippen LogP contribution in [-0.2, 0) is 9.53 Å². The van der Waals surface area contributed by atoms with E-state index in [1.807, 2.05) is 13.0 Å². The first-order chi connectivity index (χ1) is 6.60. The Hall–Kier alpha value is -1.05. The maximum atomic E-state index is 11.0. The zero-order valence-corrected chi connectivity index (χ0v) is 9.59. The molecule has 2 nitrogen and oxygen atoms in total. The molecular formula is C12H20O2. The van der Waals surface area contributed by atoms with Crippen LogP contribution in [0.25, 0.3) is 0 Å². The fourth-order valence-electron chi connectivity index (χ4n) is 1.14. The Kier molecular flexibility index (Phi) is 6.81. The molecule has 0 N–H and O–H groups in total. The first kappa shape index (κ1) is 12.9. The van der Waals surface area contributed by atoms with Crippen molar-refractivity contribution in [3.63, 3.8) is 0 Å². The second-order valence-corrected chi connectivity index (χ2v) is 3.52. The maximum Gasteiger partial charge on any atom is 0.309 e. The maximum absolute atomic E-state index is 11.0. The first-order valence-corrected chi connectivity index (χ1v) is 4.94. The van der Waals surface area contributed by atoms with Crippen molar-refractivity contribution < 1.29 is 9.53 Å². The lowest BCUT2D eigenvalue weighted by Gasteiger charge is -2.03. The average Bonchev–Trinajstić information content (AvgIpc) is 2.15. The lowest BCUT2D eigenvalue weighted by molar-refractivity contribution is -0.139. The van der Waals surface area contributed by atoms with Gasteiger partial charge in [-0.25, -0.2) is 0 Å². The summed E-state index contributed by atoms with van der Waals surface area (Å²) in [6.07, 6.45) is 6.54. The molecule has 0 radical (unpaired) electrons. The quantitative estimate of drug-likeness (QED) is 0.498. The van der Waals surface area contributed by atoms with E-state index in [0.717, 1.165) is 18.4 Å². The smallest absolute Gasteiger partial charge is 0.309 e. The van der Waals surface area contributed by atoms with E-state index in [9.17, 15) is 4.79 Å². The summed E-state index contributed by atoms with van der Waals surface area (Å²) in [5.74, 6) is -0.157. The number of hydrogen-bond donors (Lipinski definition) is 0. The average molecular weight is 196 g/mol. The molecule has 0 fully saturated rings. The minimum atomic E-state index is -0.157. The van der Waals surface area contributed by atoms with Gasteiger partial charge in [0.05, 0.1) is 13.5 Å². The van der Waals surface area contributed by atoms with E-state index in [1.165, 1.54) is 12.7 Å². The Morgan fingerprint density at radius 3 is 2.43 bits per heavy atom. The topological polar surface area (TPSA) is 26.3 Å².